The van der Waals surface area contributed by atoms with Gasteiger partial charge in [0.2, 0.25) is 0 Å². The molecule has 0 saturated carbocycles. The SMILES string of the molecule is N#Cc1ccc(-c2cc(-c3ccccc3)cc(-c3nc4ccccc4s3)c2)cc1. The molecular formula is C26H16N2S. The van der Waals surface area contributed by atoms with Crippen molar-refractivity contribution in [3.63, 3.8) is 0 Å². The molecule has 4 aromatic carbocycles. The predicted molar refractivity (Wildman–Crippen MR) is 121 cm³/mol. The highest BCUT2D eigenvalue weighted by Gasteiger charge is 2.11. The highest BCUT2D eigenvalue weighted by atomic mass is 32.1. The van der Waals surface area contributed by atoms with Crippen LogP contribution in [0.5, 0.6) is 0 Å². The van der Waals surface area contributed by atoms with Gasteiger partial charge in [0.25, 0.3) is 0 Å². The average molecular weight is 388 g/mol. The van der Waals surface area contributed by atoms with Gasteiger partial charge in [-0.15, -0.1) is 11.3 Å². The Morgan fingerprint density at radius 3 is 1.93 bits per heavy atom. The number of fused-ring (bicyclic) bond motifs is 1. The zero-order valence-corrected chi connectivity index (χ0v) is 16.4. The number of hydrogen-bond donors (Lipinski definition) is 0. The van der Waals surface area contributed by atoms with E-state index in [1.54, 1.807) is 11.3 Å². The standard InChI is InChI=1S/C26H16N2S/c27-17-18-10-12-20(13-11-18)22-14-21(19-6-2-1-3-7-19)15-23(16-22)26-28-24-8-4-5-9-25(24)29-26/h1-16H. The van der Waals surface area contributed by atoms with Gasteiger partial charge in [-0.05, 0) is 64.7 Å². The molecule has 0 radical (unpaired) electrons. The number of aromatic nitrogens is 1. The summed E-state index contributed by atoms with van der Waals surface area (Å²) in [5, 5.41) is 10.1. The summed E-state index contributed by atoms with van der Waals surface area (Å²) in [5.41, 5.74) is 7.32. The van der Waals surface area contributed by atoms with Gasteiger partial charge >= 0.3 is 0 Å². The maximum absolute atomic E-state index is 9.10. The van der Waals surface area contributed by atoms with Gasteiger partial charge in [-0.25, -0.2) is 4.98 Å². The number of thiazole rings is 1. The van der Waals surface area contributed by atoms with Crippen LogP contribution in [-0.4, -0.2) is 4.98 Å². The lowest BCUT2D eigenvalue weighted by molar-refractivity contribution is 1.47. The Balaban J connectivity index is 1.70. The molecular weight excluding hydrogens is 372 g/mol. The van der Waals surface area contributed by atoms with E-state index >= 15 is 0 Å². The number of benzene rings is 4. The summed E-state index contributed by atoms with van der Waals surface area (Å²) in [6.45, 7) is 0. The molecule has 0 fully saturated rings. The molecule has 29 heavy (non-hydrogen) atoms. The zero-order chi connectivity index (χ0) is 19.6. The Hall–Kier alpha value is -3.74. The van der Waals surface area contributed by atoms with Crippen molar-refractivity contribution < 1.29 is 0 Å². The van der Waals surface area contributed by atoms with Crippen molar-refractivity contribution in [1.82, 2.24) is 4.98 Å². The molecule has 0 aliphatic heterocycles. The van der Waals surface area contributed by atoms with E-state index in [4.69, 9.17) is 10.2 Å². The summed E-state index contributed by atoms with van der Waals surface area (Å²) in [6.07, 6.45) is 0. The van der Waals surface area contributed by atoms with Crippen molar-refractivity contribution in [2.75, 3.05) is 0 Å². The van der Waals surface area contributed by atoms with E-state index in [0.717, 1.165) is 32.8 Å². The van der Waals surface area contributed by atoms with Crippen LogP contribution in [0.4, 0.5) is 0 Å². The molecule has 0 aliphatic rings. The van der Waals surface area contributed by atoms with E-state index in [1.165, 1.54) is 10.3 Å². The Morgan fingerprint density at radius 2 is 1.24 bits per heavy atom. The minimum Gasteiger partial charge on any atom is -0.236 e. The van der Waals surface area contributed by atoms with Crippen molar-refractivity contribution in [3.8, 4) is 38.9 Å². The van der Waals surface area contributed by atoms with E-state index in [2.05, 4.69) is 60.7 Å². The molecule has 2 nitrogen and oxygen atoms in total. The summed E-state index contributed by atoms with van der Waals surface area (Å²) in [6, 6.07) is 35.1. The Labute approximate surface area is 173 Å². The number of hydrogen-bond acceptors (Lipinski definition) is 3. The van der Waals surface area contributed by atoms with Crippen molar-refractivity contribution in [2.24, 2.45) is 0 Å². The third-order valence-corrected chi connectivity index (χ3v) is 6.01. The largest absolute Gasteiger partial charge is 0.236 e. The van der Waals surface area contributed by atoms with Crippen molar-refractivity contribution in [3.05, 3.63) is 103 Å². The number of para-hydroxylation sites is 1. The van der Waals surface area contributed by atoms with E-state index < -0.39 is 0 Å². The van der Waals surface area contributed by atoms with Crippen LogP contribution in [0.2, 0.25) is 0 Å². The van der Waals surface area contributed by atoms with Crippen molar-refractivity contribution in [1.29, 1.82) is 5.26 Å². The van der Waals surface area contributed by atoms with Crippen LogP contribution in [0.1, 0.15) is 5.56 Å². The molecule has 3 heteroatoms. The third kappa shape index (κ3) is 3.42. The van der Waals surface area contributed by atoms with E-state index in [0.29, 0.717) is 5.56 Å². The Kier molecular flexibility index (Phi) is 4.40. The van der Waals surface area contributed by atoms with Gasteiger partial charge in [-0.3, -0.25) is 0 Å². The smallest absolute Gasteiger partial charge is 0.124 e. The lowest BCUT2D eigenvalue weighted by Gasteiger charge is -2.10. The van der Waals surface area contributed by atoms with Gasteiger partial charge in [0.15, 0.2) is 0 Å². The van der Waals surface area contributed by atoms with Crippen LogP contribution in [0.25, 0.3) is 43.0 Å². The first-order chi connectivity index (χ1) is 14.3. The quantitative estimate of drug-likeness (QED) is 0.328. The van der Waals surface area contributed by atoms with Gasteiger partial charge in [0.1, 0.15) is 5.01 Å². The van der Waals surface area contributed by atoms with Gasteiger partial charge in [0, 0.05) is 5.56 Å². The highest BCUT2D eigenvalue weighted by molar-refractivity contribution is 7.21. The average Bonchev–Trinajstić information content (AvgIpc) is 3.24. The maximum atomic E-state index is 9.10. The molecule has 1 aromatic heterocycles. The summed E-state index contributed by atoms with van der Waals surface area (Å²) in [5.74, 6) is 0. The third-order valence-electron chi connectivity index (χ3n) is 4.93. The molecule has 136 valence electrons. The summed E-state index contributed by atoms with van der Waals surface area (Å²) in [4.78, 5) is 4.86. The number of nitrogens with zero attached hydrogens (tertiary/aromatic N) is 2. The van der Waals surface area contributed by atoms with Gasteiger partial charge in [-0.1, -0.05) is 54.6 Å². The lowest BCUT2D eigenvalue weighted by Crippen LogP contribution is -1.86. The normalized spacial score (nSPS) is 10.7. The first-order valence-electron chi connectivity index (χ1n) is 9.37. The molecule has 5 rings (SSSR count). The molecule has 0 atom stereocenters. The van der Waals surface area contributed by atoms with Crippen LogP contribution in [0.3, 0.4) is 0 Å². The van der Waals surface area contributed by atoms with Crippen molar-refractivity contribution >= 4 is 21.6 Å². The predicted octanol–water partition coefficient (Wildman–Crippen LogP) is 7.17. The summed E-state index contributed by atoms with van der Waals surface area (Å²) < 4.78 is 1.19. The summed E-state index contributed by atoms with van der Waals surface area (Å²) in [7, 11) is 0. The molecule has 0 spiro atoms. The second kappa shape index (κ2) is 7.35. The van der Waals surface area contributed by atoms with Gasteiger partial charge in [-0.2, -0.15) is 5.26 Å². The Bertz CT molecular complexity index is 1310. The molecule has 0 bridgehead atoms. The minimum absolute atomic E-state index is 0.666. The van der Waals surface area contributed by atoms with Crippen LogP contribution in [0.15, 0.2) is 97.1 Å². The van der Waals surface area contributed by atoms with Crippen LogP contribution in [0, 0.1) is 11.3 Å². The van der Waals surface area contributed by atoms with E-state index in [-0.39, 0.29) is 0 Å². The fourth-order valence-corrected chi connectivity index (χ4v) is 4.40. The lowest BCUT2D eigenvalue weighted by atomic mass is 9.96. The van der Waals surface area contributed by atoms with Gasteiger partial charge in [0.05, 0.1) is 21.8 Å². The van der Waals surface area contributed by atoms with Crippen LogP contribution < -0.4 is 0 Å². The van der Waals surface area contributed by atoms with Crippen LogP contribution >= 0.6 is 11.3 Å². The minimum atomic E-state index is 0.666. The zero-order valence-electron chi connectivity index (χ0n) is 15.5. The fraction of sp³-hybridized carbons (Fsp3) is 0. The van der Waals surface area contributed by atoms with Crippen LogP contribution in [-0.2, 0) is 0 Å². The molecule has 5 aromatic rings. The maximum Gasteiger partial charge on any atom is 0.124 e. The molecule has 0 unspecified atom stereocenters. The first-order valence-corrected chi connectivity index (χ1v) is 10.2. The molecule has 0 saturated heterocycles. The van der Waals surface area contributed by atoms with E-state index in [1.807, 2.05) is 42.5 Å². The molecule has 1 heterocycles. The number of nitriles is 1. The second-order valence-electron chi connectivity index (χ2n) is 6.84. The topological polar surface area (TPSA) is 36.7 Å². The molecule has 0 amide bonds. The summed E-state index contributed by atoms with van der Waals surface area (Å²) >= 11 is 1.71. The molecule has 0 N–H and O–H groups in total. The van der Waals surface area contributed by atoms with Crippen molar-refractivity contribution in [2.45, 2.75) is 0 Å². The number of rotatable bonds is 3. The highest BCUT2D eigenvalue weighted by Crippen LogP contribution is 2.36. The Morgan fingerprint density at radius 1 is 0.621 bits per heavy atom. The fourth-order valence-electron chi connectivity index (χ4n) is 3.45. The van der Waals surface area contributed by atoms with E-state index in [9.17, 15) is 0 Å². The van der Waals surface area contributed by atoms with Gasteiger partial charge < -0.3 is 0 Å². The molecule has 0 aliphatic carbocycles. The second-order valence-corrected chi connectivity index (χ2v) is 7.87. The first kappa shape index (κ1) is 17.4. The monoisotopic (exact) mass is 388 g/mol.